The molecule has 4 unspecified atom stereocenters. The molecule has 4 heteroatoms. The van der Waals surface area contributed by atoms with Crippen molar-refractivity contribution in [1.82, 2.24) is 0 Å². The van der Waals surface area contributed by atoms with Crippen molar-refractivity contribution in [2.75, 3.05) is 5.32 Å². The Kier molecular flexibility index (Phi) is 3.21. The molecule has 0 aliphatic heterocycles. The summed E-state index contributed by atoms with van der Waals surface area (Å²) in [5.74, 6) is -1.88. The number of carboxylic acid groups (broad SMARTS) is 1. The van der Waals surface area contributed by atoms with Crippen molar-refractivity contribution in [3.63, 3.8) is 0 Å². The van der Waals surface area contributed by atoms with Crippen LogP contribution >= 0.6 is 0 Å². The Hall–Kier alpha value is -1.84. The SMILES string of the molecule is O=C([O-])C1C2CCC(C2)C1C(=O)Nc1ccc2c(c1)CCC2. The lowest BCUT2D eigenvalue weighted by atomic mass is 9.78. The second-order valence-electron chi connectivity index (χ2n) is 7.03. The van der Waals surface area contributed by atoms with Crippen molar-refractivity contribution in [3.8, 4) is 0 Å². The van der Waals surface area contributed by atoms with E-state index in [0.29, 0.717) is 0 Å². The third-order valence-corrected chi connectivity index (χ3v) is 5.86. The van der Waals surface area contributed by atoms with Crippen molar-refractivity contribution in [2.24, 2.45) is 23.7 Å². The summed E-state index contributed by atoms with van der Waals surface area (Å²) in [6.07, 6.45) is 6.10. The van der Waals surface area contributed by atoms with Gasteiger partial charge in [-0.05, 0) is 73.6 Å². The van der Waals surface area contributed by atoms with Crippen LogP contribution in [0.3, 0.4) is 0 Å². The number of amides is 1. The van der Waals surface area contributed by atoms with Crippen LogP contribution in [0.15, 0.2) is 18.2 Å². The maximum Gasteiger partial charge on any atom is 0.228 e. The number of aliphatic carboxylic acids is 1. The van der Waals surface area contributed by atoms with Crippen molar-refractivity contribution in [2.45, 2.75) is 38.5 Å². The summed E-state index contributed by atoms with van der Waals surface area (Å²) in [4.78, 5) is 24.0. The van der Waals surface area contributed by atoms with Gasteiger partial charge in [0.05, 0.1) is 0 Å². The molecular formula is C18H20NO3-. The lowest BCUT2D eigenvalue weighted by Gasteiger charge is -2.30. The van der Waals surface area contributed by atoms with Crippen molar-refractivity contribution >= 4 is 17.6 Å². The molecule has 0 spiro atoms. The third kappa shape index (κ3) is 2.13. The van der Waals surface area contributed by atoms with E-state index in [1.54, 1.807) is 0 Å². The van der Waals surface area contributed by atoms with E-state index in [1.165, 1.54) is 17.5 Å². The highest BCUT2D eigenvalue weighted by Crippen LogP contribution is 2.52. The first kappa shape index (κ1) is 13.8. The first-order valence-electron chi connectivity index (χ1n) is 8.27. The maximum absolute atomic E-state index is 12.6. The van der Waals surface area contributed by atoms with Gasteiger partial charge >= 0.3 is 0 Å². The fourth-order valence-electron chi connectivity index (χ4n) is 4.88. The Morgan fingerprint density at radius 3 is 2.55 bits per heavy atom. The van der Waals surface area contributed by atoms with Gasteiger partial charge in [-0.3, -0.25) is 4.79 Å². The van der Waals surface area contributed by atoms with Crippen molar-refractivity contribution in [3.05, 3.63) is 29.3 Å². The molecule has 2 saturated carbocycles. The van der Waals surface area contributed by atoms with Gasteiger partial charge in [-0.2, -0.15) is 0 Å². The molecule has 1 aromatic carbocycles. The van der Waals surface area contributed by atoms with Crippen LogP contribution in [0.2, 0.25) is 0 Å². The third-order valence-electron chi connectivity index (χ3n) is 5.86. The maximum atomic E-state index is 12.6. The van der Waals surface area contributed by atoms with Gasteiger partial charge in [0.1, 0.15) is 0 Å². The summed E-state index contributed by atoms with van der Waals surface area (Å²) in [7, 11) is 0. The zero-order chi connectivity index (χ0) is 15.3. The minimum absolute atomic E-state index is 0.130. The molecule has 116 valence electrons. The van der Waals surface area contributed by atoms with Gasteiger partial charge in [0.25, 0.3) is 0 Å². The van der Waals surface area contributed by atoms with Gasteiger partial charge in [-0.15, -0.1) is 0 Å². The topological polar surface area (TPSA) is 69.2 Å². The lowest BCUT2D eigenvalue weighted by molar-refractivity contribution is -0.314. The standard InChI is InChI=1S/C18H21NO3/c20-17(15-12-4-5-13(8-12)16(15)18(21)22)19-14-7-6-10-2-1-3-11(10)9-14/h6-7,9,12-13,15-16H,1-5,8H2,(H,19,20)(H,21,22)/p-1. The van der Waals surface area contributed by atoms with Crippen LogP contribution in [-0.4, -0.2) is 11.9 Å². The van der Waals surface area contributed by atoms with Crippen LogP contribution < -0.4 is 10.4 Å². The molecule has 0 saturated heterocycles. The average Bonchev–Trinajstić information content (AvgIpc) is 3.20. The molecule has 1 amide bonds. The minimum atomic E-state index is -1.05. The smallest absolute Gasteiger partial charge is 0.228 e. The van der Waals surface area contributed by atoms with Gasteiger partial charge in [-0.1, -0.05) is 6.07 Å². The van der Waals surface area contributed by atoms with Gasteiger partial charge in [0.15, 0.2) is 0 Å². The summed E-state index contributed by atoms with van der Waals surface area (Å²) in [5, 5.41) is 14.4. The Bertz CT molecular complexity index is 639. The van der Waals surface area contributed by atoms with Gasteiger partial charge in [-0.25, -0.2) is 0 Å². The van der Waals surface area contributed by atoms with E-state index in [1.807, 2.05) is 12.1 Å². The monoisotopic (exact) mass is 298 g/mol. The van der Waals surface area contributed by atoms with E-state index < -0.39 is 17.8 Å². The zero-order valence-corrected chi connectivity index (χ0v) is 12.5. The quantitative estimate of drug-likeness (QED) is 0.920. The van der Waals surface area contributed by atoms with Gasteiger partial charge in [0, 0.05) is 23.5 Å². The number of benzene rings is 1. The van der Waals surface area contributed by atoms with Crippen LogP contribution in [0.5, 0.6) is 0 Å². The lowest BCUT2D eigenvalue weighted by Crippen LogP contribution is -2.43. The molecule has 3 aliphatic rings. The predicted octanol–water partition coefficient (Wildman–Crippen LogP) is 1.53. The Balaban J connectivity index is 1.53. The number of fused-ring (bicyclic) bond motifs is 3. The van der Waals surface area contributed by atoms with E-state index >= 15 is 0 Å². The van der Waals surface area contributed by atoms with E-state index in [9.17, 15) is 14.7 Å². The molecule has 22 heavy (non-hydrogen) atoms. The highest BCUT2D eigenvalue weighted by Gasteiger charge is 2.51. The largest absolute Gasteiger partial charge is 0.550 e. The fraction of sp³-hybridized carbons (Fsp3) is 0.556. The zero-order valence-electron chi connectivity index (χ0n) is 12.5. The molecule has 2 fully saturated rings. The number of aryl methyl sites for hydroxylation is 2. The number of hydrogen-bond donors (Lipinski definition) is 1. The minimum Gasteiger partial charge on any atom is -0.550 e. The molecular weight excluding hydrogens is 278 g/mol. The predicted molar refractivity (Wildman–Crippen MR) is 79.9 cm³/mol. The average molecular weight is 298 g/mol. The molecule has 0 radical (unpaired) electrons. The van der Waals surface area contributed by atoms with Crippen LogP contribution in [-0.2, 0) is 22.4 Å². The molecule has 0 heterocycles. The summed E-state index contributed by atoms with van der Waals surface area (Å²) in [6.45, 7) is 0. The van der Waals surface area contributed by atoms with E-state index in [0.717, 1.165) is 37.8 Å². The van der Waals surface area contributed by atoms with Crippen LogP contribution in [0.4, 0.5) is 5.69 Å². The van der Waals surface area contributed by atoms with Crippen LogP contribution in [0.25, 0.3) is 0 Å². The number of carbonyl (C=O) groups is 2. The van der Waals surface area contributed by atoms with Crippen LogP contribution in [0, 0.1) is 23.7 Å². The van der Waals surface area contributed by atoms with E-state index in [-0.39, 0.29) is 17.7 Å². The molecule has 1 N–H and O–H groups in total. The first-order chi connectivity index (χ1) is 10.6. The highest BCUT2D eigenvalue weighted by atomic mass is 16.4. The van der Waals surface area contributed by atoms with Crippen molar-refractivity contribution < 1.29 is 14.7 Å². The fourth-order valence-corrected chi connectivity index (χ4v) is 4.88. The molecule has 3 aliphatic carbocycles. The van der Waals surface area contributed by atoms with E-state index in [2.05, 4.69) is 11.4 Å². The molecule has 0 aromatic heterocycles. The van der Waals surface area contributed by atoms with E-state index in [4.69, 9.17) is 0 Å². The summed E-state index contributed by atoms with van der Waals surface area (Å²) < 4.78 is 0. The number of carboxylic acids is 1. The first-order valence-corrected chi connectivity index (χ1v) is 8.27. The molecule has 4 rings (SSSR count). The van der Waals surface area contributed by atoms with Crippen molar-refractivity contribution in [1.29, 1.82) is 0 Å². The Morgan fingerprint density at radius 1 is 1.05 bits per heavy atom. The normalized spacial score (nSPS) is 32.0. The second-order valence-corrected chi connectivity index (χ2v) is 7.03. The summed E-state index contributed by atoms with van der Waals surface area (Å²) in [6, 6.07) is 6.06. The number of nitrogens with one attached hydrogen (secondary N) is 1. The number of carbonyl (C=O) groups excluding carboxylic acids is 2. The number of anilines is 1. The number of rotatable bonds is 3. The second kappa shape index (κ2) is 5.11. The highest BCUT2D eigenvalue weighted by molar-refractivity contribution is 5.95. The molecule has 4 atom stereocenters. The summed E-state index contributed by atoms with van der Waals surface area (Å²) in [5.41, 5.74) is 3.47. The van der Waals surface area contributed by atoms with Gasteiger partial charge in [0.2, 0.25) is 5.91 Å². The van der Waals surface area contributed by atoms with Crippen LogP contribution in [0.1, 0.15) is 36.8 Å². The molecule has 1 aromatic rings. The molecule has 2 bridgehead atoms. The number of hydrogen-bond acceptors (Lipinski definition) is 3. The molecule has 4 nitrogen and oxygen atoms in total. The Morgan fingerprint density at radius 2 is 1.77 bits per heavy atom. The summed E-state index contributed by atoms with van der Waals surface area (Å²) >= 11 is 0. The van der Waals surface area contributed by atoms with Gasteiger partial charge < -0.3 is 15.2 Å². The Labute approximate surface area is 129 Å².